The fraction of sp³-hybridized carbons (Fsp3) is 0.238. The first-order valence-electron chi connectivity index (χ1n) is 8.96. The lowest BCUT2D eigenvalue weighted by atomic mass is 9.90. The molecule has 170 valence electrons. The van der Waals surface area contributed by atoms with Crippen molar-refractivity contribution in [2.45, 2.75) is 31.9 Å². The number of amides is 1. The number of rotatable bonds is 3. The van der Waals surface area contributed by atoms with Gasteiger partial charge in [0.25, 0.3) is 5.91 Å². The van der Waals surface area contributed by atoms with Gasteiger partial charge in [-0.2, -0.15) is 26.3 Å². The number of nitrogens with one attached hydrogen (secondary N) is 1. The van der Waals surface area contributed by atoms with Crippen LogP contribution in [-0.4, -0.2) is 23.2 Å². The Kier molecular flexibility index (Phi) is 6.01. The van der Waals surface area contributed by atoms with Crippen LogP contribution in [0, 0.1) is 13.8 Å². The molecular formula is C21H14BrF7N2O. The van der Waals surface area contributed by atoms with Crippen LogP contribution >= 0.6 is 15.9 Å². The maximum Gasteiger partial charge on any atom is 0.435 e. The van der Waals surface area contributed by atoms with Crippen LogP contribution in [0.5, 0.6) is 0 Å². The Bertz CT molecular complexity index is 1170. The van der Waals surface area contributed by atoms with Gasteiger partial charge in [-0.3, -0.25) is 9.78 Å². The Morgan fingerprint density at radius 1 is 0.906 bits per heavy atom. The Hall–Kier alpha value is -2.69. The van der Waals surface area contributed by atoms with Crippen LogP contribution in [0.25, 0.3) is 10.9 Å². The SMILES string of the molecule is Cc1cc(C(F)(C(F)(F)F)C(F)(F)F)cc(C)c1NC(=O)c1ccc2nccc(Br)c2c1. The molecular weight excluding hydrogens is 509 g/mol. The molecule has 1 amide bonds. The third kappa shape index (κ3) is 4.05. The Labute approximate surface area is 185 Å². The molecule has 2 aromatic carbocycles. The van der Waals surface area contributed by atoms with Gasteiger partial charge in [0.15, 0.2) is 0 Å². The standard InChI is InChI=1S/C21H14BrF7N2O/c1-10-7-13(19(23,20(24,25)26)21(27,28)29)8-11(2)17(10)31-18(32)12-3-4-16-14(9-12)15(22)5-6-30-16/h3-9H,1-2H3,(H,31,32). The number of aryl methyl sites for hydroxylation is 2. The second-order valence-electron chi connectivity index (χ2n) is 7.12. The zero-order valence-corrected chi connectivity index (χ0v) is 18.0. The summed E-state index contributed by atoms with van der Waals surface area (Å²) in [6.45, 7) is 2.36. The average molecular weight is 523 g/mol. The first kappa shape index (κ1) is 24.0. The highest BCUT2D eigenvalue weighted by molar-refractivity contribution is 9.10. The molecule has 0 bridgehead atoms. The summed E-state index contributed by atoms with van der Waals surface area (Å²) in [4.78, 5) is 16.8. The van der Waals surface area contributed by atoms with Crippen LogP contribution < -0.4 is 5.32 Å². The molecule has 0 radical (unpaired) electrons. The van der Waals surface area contributed by atoms with Crippen molar-refractivity contribution in [2.24, 2.45) is 0 Å². The highest BCUT2D eigenvalue weighted by atomic mass is 79.9. The fourth-order valence-corrected chi connectivity index (χ4v) is 3.72. The lowest BCUT2D eigenvalue weighted by Gasteiger charge is -2.31. The van der Waals surface area contributed by atoms with Crippen LogP contribution in [0.1, 0.15) is 27.0 Å². The molecule has 0 unspecified atom stereocenters. The van der Waals surface area contributed by atoms with Crippen molar-refractivity contribution in [3.8, 4) is 0 Å². The minimum absolute atomic E-state index is 0.0178. The summed E-state index contributed by atoms with van der Waals surface area (Å²) in [5.74, 6) is -0.653. The molecule has 0 aliphatic carbocycles. The maximum absolute atomic E-state index is 14.4. The first-order chi connectivity index (χ1) is 14.7. The quantitative estimate of drug-likeness (QED) is 0.371. The lowest BCUT2D eigenvalue weighted by molar-refractivity contribution is -0.348. The van der Waals surface area contributed by atoms with Gasteiger partial charge in [0.2, 0.25) is 0 Å². The minimum atomic E-state index is -6.22. The molecule has 11 heteroatoms. The van der Waals surface area contributed by atoms with Crippen molar-refractivity contribution in [2.75, 3.05) is 5.32 Å². The van der Waals surface area contributed by atoms with E-state index < -0.39 is 29.5 Å². The van der Waals surface area contributed by atoms with Gasteiger partial charge in [0, 0.05) is 32.9 Å². The van der Waals surface area contributed by atoms with E-state index in [0.29, 0.717) is 27.5 Å². The number of pyridine rings is 1. The summed E-state index contributed by atoms with van der Waals surface area (Å²) in [6.07, 6.45) is -10.9. The highest BCUT2D eigenvalue weighted by Gasteiger charge is 2.73. The van der Waals surface area contributed by atoms with Gasteiger partial charge in [0.05, 0.1) is 5.52 Å². The van der Waals surface area contributed by atoms with Crippen molar-refractivity contribution in [1.29, 1.82) is 0 Å². The van der Waals surface area contributed by atoms with Crippen molar-refractivity contribution < 1.29 is 35.5 Å². The number of alkyl halides is 7. The number of halogens is 8. The summed E-state index contributed by atoms with van der Waals surface area (Å²) in [5.41, 5.74) is -6.71. The van der Waals surface area contributed by atoms with Gasteiger partial charge in [0.1, 0.15) is 0 Å². The topological polar surface area (TPSA) is 42.0 Å². The van der Waals surface area contributed by atoms with Gasteiger partial charge < -0.3 is 5.32 Å². The Morgan fingerprint density at radius 3 is 2.00 bits per heavy atom. The molecule has 32 heavy (non-hydrogen) atoms. The predicted octanol–water partition coefficient (Wildman–Crippen LogP) is 7.16. The van der Waals surface area contributed by atoms with Gasteiger partial charge in [-0.05, 0) is 49.2 Å². The Morgan fingerprint density at radius 2 is 1.47 bits per heavy atom. The van der Waals surface area contributed by atoms with Crippen molar-refractivity contribution >= 4 is 38.4 Å². The number of fused-ring (bicyclic) bond motifs is 1. The first-order valence-corrected chi connectivity index (χ1v) is 9.76. The molecule has 1 N–H and O–H groups in total. The van der Waals surface area contributed by atoms with Gasteiger partial charge in [-0.15, -0.1) is 0 Å². The van der Waals surface area contributed by atoms with Crippen molar-refractivity contribution in [3.05, 3.63) is 69.3 Å². The van der Waals surface area contributed by atoms with Crippen LogP contribution in [0.15, 0.2) is 47.1 Å². The van der Waals surface area contributed by atoms with E-state index in [0.717, 1.165) is 0 Å². The zero-order chi connectivity index (χ0) is 24.1. The van der Waals surface area contributed by atoms with Gasteiger partial charge in [-0.25, -0.2) is 4.39 Å². The number of anilines is 1. The van der Waals surface area contributed by atoms with E-state index in [4.69, 9.17) is 0 Å². The number of carbonyl (C=O) groups excluding carboxylic acids is 1. The van der Waals surface area contributed by atoms with Crippen LogP contribution in [-0.2, 0) is 5.67 Å². The molecule has 0 saturated carbocycles. The molecule has 3 nitrogen and oxygen atoms in total. The molecule has 0 spiro atoms. The summed E-state index contributed by atoms with van der Waals surface area (Å²) < 4.78 is 93.5. The fourth-order valence-electron chi connectivity index (χ4n) is 3.29. The smallest absolute Gasteiger partial charge is 0.322 e. The van der Waals surface area contributed by atoms with Gasteiger partial charge in [-0.1, -0.05) is 28.1 Å². The molecule has 1 heterocycles. The molecule has 3 aromatic rings. The molecule has 0 aliphatic rings. The third-order valence-corrected chi connectivity index (χ3v) is 5.59. The number of aromatic nitrogens is 1. The second-order valence-corrected chi connectivity index (χ2v) is 7.97. The highest BCUT2D eigenvalue weighted by Crippen LogP contribution is 2.53. The van der Waals surface area contributed by atoms with E-state index in [2.05, 4.69) is 26.2 Å². The Balaban J connectivity index is 2.00. The van der Waals surface area contributed by atoms with E-state index in [1.807, 2.05) is 0 Å². The van der Waals surface area contributed by atoms with E-state index in [1.54, 1.807) is 18.3 Å². The molecule has 1 aromatic heterocycles. The van der Waals surface area contributed by atoms with Crippen LogP contribution in [0.2, 0.25) is 0 Å². The molecule has 0 atom stereocenters. The van der Waals surface area contributed by atoms with E-state index in [9.17, 15) is 35.5 Å². The predicted molar refractivity (Wildman–Crippen MR) is 108 cm³/mol. The minimum Gasteiger partial charge on any atom is -0.322 e. The van der Waals surface area contributed by atoms with E-state index in [1.165, 1.54) is 26.0 Å². The molecule has 3 rings (SSSR count). The number of hydrogen-bond donors (Lipinski definition) is 1. The summed E-state index contributed by atoms with van der Waals surface area (Å²) in [5, 5.41) is 3.10. The monoisotopic (exact) mass is 522 g/mol. The number of hydrogen-bond acceptors (Lipinski definition) is 2. The second kappa shape index (κ2) is 8.02. The maximum atomic E-state index is 14.4. The molecule has 0 fully saturated rings. The van der Waals surface area contributed by atoms with Crippen LogP contribution in [0.3, 0.4) is 0 Å². The van der Waals surface area contributed by atoms with Crippen LogP contribution in [0.4, 0.5) is 36.4 Å². The largest absolute Gasteiger partial charge is 0.435 e. The van der Waals surface area contributed by atoms with Crippen molar-refractivity contribution in [3.63, 3.8) is 0 Å². The summed E-state index contributed by atoms with van der Waals surface area (Å²) in [7, 11) is 0. The van der Waals surface area contributed by atoms with E-state index >= 15 is 0 Å². The zero-order valence-electron chi connectivity index (χ0n) is 16.4. The third-order valence-electron chi connectivity index (χ3n) is 4.90. The summed E-state index contributed by atoms with van der Waals surface area (Å²) in [6, 6.07) is 7.12. The van der Waals surface area contributed by atoms with E-state index in [-0.39, 0.29) is 22.4 Å². The lowest BCUT2D eigenvalue weighted by Crippen LogP contribution is -2.50. The van der Waals surface area contributed by atoms with Crippen molar-refractivity contribution in [1.82, 2.24) is 4.98 Å². The molecule has 0 aliphatic heterocycles. The normalized spacial score (nSPS) is 12.8. The summed E-state index contributed by atoms with van der Waals surface area (Å²) >= 11 is 3.34. The number of nitrogens with zero attached hydrogens (tertiary/aromatic N) is 1. The molecule has 0 saturated heterocycles. The van der Waals surface area contributed by atoms with Gasteiger partial charge >= 0.3 is 18.0 Å². The number of carbonyl (C=O) groups is 1. The number of benzene rings is 2. The average Bonchev–Trinajstić information content (AvgIpc) is 2.68.